The van der Waals surface area contributed by atoms with Crippen LogP contribution in [0.5, 0.6) is 5.75 Å². The van der Waals surface area contributed by atoms with E-state index >= 15 is 0 Å². The summed E-state index contributed by atoms with van der Waals surface area (Å²) in [6.07, 6.45) is 1.84. The van der Waals surface area contributed by atoms with E-state index in [4.69, 9.17) is 15.0 Å². The van der Waals surface area contributed by atoms with Crippen molar-refractivity contribution >= 4 is 21.9 Å². The van der Waals surface area contributed by atoms with Crippen LogP contribution in [0.1, 0.15) is 23.2 Å². The largest absolute Gasteiger partial charge is 0.482 e. The van der Waals surface area contributed by atoms with Crippen LogP contribution in [-0.2, 0) is 14.8 Å². The van der Waals surface area contributed by atoms with Crippen LogP contribution >= 0.6 is 0 Å². The predicted octanol–water partition coefficient (Wildman–Crippen LogP) is -0.310. The second-order valence-corrected chi connectivity index (χ2v) is 6.17. The molecule has 1 aromatic rings. The van der Waals surface area contributed by atoms with Crippen LogP contribution < -0.4 is 15.2 Å². The molecule has 0 aromatic heterocycles. The van der Waals surface area contributed by atoms with Crippen LogP contribution in [0.25, 0.3) is 0 Å². The molecule has 0 aliphatic heterocycles. The minimum atomic E-state index is -4.17. The van der Waals surface area contributed by atoms with Crippen LogP contribution in [0.2, 0.25) is 0 Å². The van der Waals surface area contributed by atoms with Gasteiger partial charge in [0, 0.05) is 6.04 Å². The number of benzene rings is 1. The molecular weight excluding hydrogens is 300 g/mol. The third-order valence-corrected chi connectivity index (χ3v) is 3.73. The number of carboxylic acids is 1. The molecule has 0 heterocycles. The van der Waals surface area contributed by atoms with Gasteiger partial charge in [-0.1, -0.05) is 0 Å². The lowest BCUT2D eigenvalue weighted by atomic mass is 10.2. The fraction of sp³-hybridized carbons (Fsp3) is 0.333. The Hall–Kier alpha value is -2.13. The molecule has 1 aliphatic rings. The lowest BCUT2D eigenvalue weighted by Gasteiger charge is -2.11. The van der Waals surface area contributed by atoms with Gasteiger partial charge in [-0.15, -0.1) is 0 Å². The first-order valence-corrected chi connectivity index (χ1v) is 7.64. The molecule has 0 radical (unpaired) electrons. The zero-order valence-electron chi connectivity index (χ0n) is 10.9. The molecule has 1 saturated carbocycles. The Morgan fingerprint density at radius 3 is 2.57 bits per heavy atom. The van der Waals surface area contributed by atoms with E-state index in [1.54, 1.807) is 0 Å². The number of carbonyl (C=O) groups is 2. The molecule has 1 aliphatic carbocycles. The quantitative estimate of drug-likeness (QED) is 0.659. The number of ether oxygens (including phenoxy) is 1. The standard InChI is InChI=1S/C12H14N2O6S/c13-21(18,19)10-5-7(12(16)17)1-4-9(10)20-6-11(15)14-8-2-3-8/h1,4-5,8H,2-3,6H2,(H,14,15)(H,16,17)(H2,13,18,19). The molecule has 0 spiro atoms. The summed E-state index contributed by atoms with van der Waals surface area (Å²) in [7, 11) is -4.17. The van der Waals surface area contributed by atoms with E-state index in [0.29, 0.717) is 0 Å². The lowest BCUT2D eigenvalue weighted by Crippen LogP contribution is -2.30. The Balaban J connectivity index is 2.17. The normalized spacial score (nSPS) is 14.5. The first kappa shape index (κ1) is 15.3. The van der Waals surface area contributed by atoms with Crippen molar-refractivity contribution in [2.45, 2.75) is 23.8 Å². The van der Waals surface area contributed by atoms with Crippen LogP contribution in [0.4, 0.5) is 0 Å². The monoisotopic (exact) mass is 314 g/mol. The number of nitrogens with two attached hydrogens (primary N) is 1. The Labute approximate surface area is 120 Å². The SMILES string of the molecule is NS(=O)(=O)c1cc(C(=O)O)ccc1OCC(=O)NC1CC1. The Kier molecular flexibility index (Phi) is 4.14. The number of rotatable bonds is 6. The van der Waals surface area contributed by atoms with E-state index in [-0.39, 0.29) is 29.9 Å². The summed E-state index contributed by atoms with van der Waals surface area (Å²) in [5, 5.41) is 16.5. The number of hydrogen-bond donors (Lipinski definition) is 3. The summed E-state index contributed by atoms with van der Waals surface area (Å²) >= 11 is 0. The maximum Gasteiger partial charge on any atom is 0.335 e. The first-order valence-electron chi connectivity index (χ1n) is 6.09. The molecule has 4 N–H and O–H groups in total. The maximum atomic E-state index is 11.5. The highest BCUT2D eigenvalue weighted by Gasteiger charge is 2.24. The van der Waals surface area contributed by atoms with Crippen molar-refractivity contribution in [2.75, 3.05) is 6.61 Å². The summed E-state index contributed by atoms with van der Waals surface area (Å²) in [5.41, 5.74) is -0.242. The van der Waals surface area contributed by atoms with Crippen LogP contribution in [0.3, 0.4) is 0 Å². The number of hydrogen-bond acceptors (Lipinski definition) is 5. The fourth-order valence-electron chi connectivity index (χ4n) is 1.62. The van der Waals surface area contributed by atoms with Gasteiger partial charge in [0.1, 0.15) is 10.6 Å². The van der Waals surface area contributed by atoms with E-state index in [9.17, 15) is 18.0 Å². The predicted molar refractivity (Wildman–Crippen MR) is 71.4 cm³/mol. The molecule has 0 bridgehead atoms. The highest BCUT2D eigenvalue weighted by Crippen LogP contribution is 2.24. The van der Waals surface area contributed by atoms with E-state index in [1.807, 2.05) is 0 Å². The highest BCUT2D eigenvalue weighted by molar-refractivity contribution is 7.89. The minimum Gasteiger partial charge on any atom is -0.482 e. The molecule has 8 nitrogen and oxygen atoms in total. The fourth-order valence-corrected chi connectivity index (χ4v) is 2.32. The molecule has 9 heteroatoms. The number of primary sulfonamides is 1. The van der Waals surface area contributed by atoms with Gasteiger partial charge in [-0.2, -0.15) is 0 Å². The topological polar surface area (TPSA) is 136 Å². The summed E-state index contributed by atoms with van der Waals surface area (Å²) in [5.74, 6) is -1.83. The van der Waals surface area contributed by atoms with Crippen molar-refractivity contribution < 1.29 is 27.9 Å². The van der Waals surface area contributed by atoms with Crippen LogP contribution in [0.15, 0.2) is 23.1 Å². The first-order chi connectivity index (χ1) is 9.77. The molecule has 0 saturated heterocycles. The summed E-state index contributed by atoms with van der Waals surface area (Å²) < 4.78 is 28.1. The van der Waals surface area contributed by atoms with Crippen molar-refractivity contribution in [3.05, 3.63) is 23.8 Å². The van der Waals surface area contributed by atoms with E-state index in [0.717, 1.165) is 25.0 Å². The molecule has 0 atom stereocenters. The lowest BCUT2D eigenvalue weighted by molar-refractivity contribution is -0.123. The van der Waals surface area contributed by atoms with Gasteiger partial charge in [0.2, 0.25) is 10.0 Å². The number of amides is 1. The van der Waals surface area contributed by atoms with E-state index in [1.165, 1.54) is 6.07 Å². The molecular formula is C12H14N2O6S. The zero-order chi connectivity index (χ0) is 15.6. The number of carboxylic acid groups (broad SMARTS) is 1. The van der Waals surface area contributed by atoms with E-state index < -0.39 is 20.9 Å². The van der Waals surface area contributed by atoms with Gasteiger partial charge in [0.15, 0.2) is 6.61 Å². The van der Waals surface area contributed by atoms with Crippen molar-refractivity contribution in [2.24, 2.45) is 5.14 Å². The van der Waals surface area contributed by atoms with Gasteiger partial charge in [-0.05, 0) is 31.0 Å². The third kappa shape index (κ3) is 4.17. The molecule has 21 heavy (non-hydrogen) atoms. The molecule has 1 fully saturated rings. The average molecular weight is 314 g/mol. The van der Waals surface area contributed by atoms with Crippen LogP contribution in [-0.4, -0.2) is 38.0 Å². The molecule has 114 valence electrons. The van der Waals surface area contributed by atoms with Crippen molar-refractivity contribution in [1.29, 1.82) is 0 Å². The highest BCUT2D eigenvalue weighted by atomic mass is 32.2. The molecule has 0 unspecified atom stereocenters. The van der Waals surface area contributed by atoms with Gasteiger partial charge in [-0.3, -0.25) is 4.79 Å². The van der Waals surface area contributed by atoms with Gasteiger partial charge in [0.25, 0.3) is 5.91 Å². The van der Waals surface area contributed by atoms with Crippen molar-refractivity contribution in [1.82, 2.24) is 5.32 Å². The number of carbonyl (C=O) groups excluding carboxylic acids is 1. The summed E-state index contributed by atoms with van der Waals surface area (Å²) in [4.78, 5) is 21.9. The van der Waals surface area contributed by atoms with Gasteiger partial charge < -0.3 is 15.2 Å². The number of aromatic carboxylic acids is 1. The van der Waals surface area contributed by atoms with Gasteiger partial charge in [0.05, 0.1) is 5.56 Å². The Bertz CT molecular complexity index is 681. The van der Waals surface area contributed by atoms with Gasteiger partial charge >= 0.3 is 5.97 Å². The molecule has 1 aromatic carbocycles. The minimum absolute atomic E-state index is 0.159. The maximum absolute atomic E-state index is 11.5. The molecule has 1 amide bonds. The second kappa shape index (κ2) is 5.70. The average Bonchev–Trinajstić information content (AvgIpc) is 3.18. The Morgan fingerprint density at radius 1 is 1.38 bits per heavy atom. The van der Waals surface area contributed by atoms with Crippen molar-refractivity contribution in [3.8, 4) is 5.75 Å². The zero-order valence-corrected chi connectivity index (χ0v) is 11.7. The van der Waals surface area contributed by atoms with E-state index in [2.05, 4.69) is 5.32 Å². The smallest absolute Gasteiger partial charge is 0.335 e. The Morgan fingerprint density at radius 2 is 2.05 bits per heavy atom. The van der Waals surface area contributed by atoms with Crippen molar-refractivity contribution in [3.63, 3.8) is 0 Å². The molecule has 2 rings (SSSR count). The van der Waals surface area contributed by atoms with Gasteiger partial charge in [-0.25, -0.2) is 18.4 Å². The number of nitrogens with one attached hydrogen (secondary N) is 1. The third-order valence-electron chi connectivity index (χ3n) is 2.80. The summed E-state index contributed by atoms with van der Waals surface area (Å²) in [6, 6.07) is 3.39. The second-order valence-electron chi connectivity index (χ2n) is 4.64. The number of sulfonamides is 1. The summed E-state index contributed by atoms with van der Waals surface area (Å²) in [6.45, 7) is -0.370. The van der Waals surface area contributed by atoms with Crippen LogP contribution in [0, 0.1) is 0 Å².